The van der Waals surface area contributed by atoms with Gasteiger partial charge >= 0.3 is 0 Å². The van der Waals surface area contributed by atoms with Crippen molar-refractivity contribution in [3.63, 3.8) is 0 Å². The molecule has 0 N–H and O–H groups in total. The molecule has 2 nitrogen and oxygen atoms in total. The van der Waals surface area contributed by atoms with E-state index in [4.69, 9.17) is 34.8 Å². The van der Waals surface area contributed by atoms with Gasteiger partial charge in [0, 0.05) is 30.1 Å². The highest BCUT2D eigenvalue weighted by atomic mass is 35.5. The van der Waals surface area contributed by atoms with Crippen LogP contribution >= 0.6 is 34.8 Å². The van der Waals surface area contributed by atoms with Crippen molar-refractivity contribution in [1.82, 2.24) is 4.90 Å². The summed E-state index contributed by atoms with van der Waals surface area (Å²) in [6.45, 7) is 5.00. The van der Waals surface area contributed by atoms with E-state index in [-0.39, 0.29) is 0 Å². The lowest BCUT2D eigenvalue weighted by Crippen LogP contribution is -2.14. The van der Waals surface area contributed by atoms with Crippen LogP contribution in [0.25, 0.3) is 0 Å². The van der Waals surface area contributed by atoms with Crippen molar-refractivity contribution >= 4 is 46.8 Å². The number of halogens is 3. The van der Waals surface area contributed by atoms with Gasteiger partial charge < -0.3 is 4.90 Å². The number of benzene rings is 2. The standard InChI is InChI=1S/C18H19Cl3N2/c1-4-23(3)11-22-18-8-12(2)13(10-17(18)21)9-14-15(19)6-5-7-16(14)20/h5-8,10-11H,4,9H2,1-3H3. The molecule has 2 aromatic carbocycles. The summed E-state index contributed by atoms with van der Waals surface area (Å²) >= 11 is 18.9. The van der Waals surface area contributed by atoms with Crippen LogP contribution in [-0.4, -0.2) is 24.8 Å². The third-order valence-corrected chi connectivity index (χ3v) is 4.74. The average Bonchev–Trinajstić information content (AvgIpc) is 2.52. The summed E-state index contributed by atoms with van der Waals surface area (Å²) < 4.78 is 0. The summed E-state index contributed by atoms with van der Waals surface area (Å²) in [6.07, 6.45) is 2.42. The summed E-state index contributed by atoms with van der Waals surface area (Å²) in [4.78, 5) is 6.43. The maximum Gasteiger partial charge on any atom is 0.0910 e. The second kappa shape index (κ2) is 8.05. The Morgan fingerprint density at radius 1 is 1.09 bits per heavy atom. The Balaban J connectivity index is 2.32. The fraction of sp³-hybridized carbons (Fsp3) is 0.278. The third kappa shape index (κ3) is 4.63. The molecule has 0 heterocycles. The van der Waals surface area contributed by atoms with Crippen molar-refractivity contribution in [2.75, 3.05) is 13.6 Å². The Kier molecular flexibility index (Phi) is 6.34. The Morgan fingerprint density at radius 2 is 1.74 bits per heavy atom. The molecule has 0 unspecified atom stereocenters. The van der Waals surface area contributed by atoms with E-state index in [0.717, 1.165) is 28.9 Å². The molecule has 0 atom stereocenters. The Bertz CT molecular complexity index is 706. The van der Waals surface area contributed by atoms with Crippen LogP contribution in [0.15, 0.2) is 35.3 Å². The van der Waals surface area contributed by atoms with E-state index in [1.807, 2.05) is 49.2 Å². The number of aryl methyl sites for hydroxylation is 1. The van der Waals surface area contributed by atoms with Crippen LogP contribution in [0.1, 0.15) is 23.6 Å². The molecule has 0 amide bonds. The lowest BCUT2D eigenvalue weighted by molar-refractivity contribution is 0.552. The van der Waals surface area contributed by atoms with E-state index >= 15 is 0 Å². The maximum atomic E-state index is 6.38. The van der Waals surface area contributed by atoms with Crippen molar-refractivity contribution < 1.29 is 0 Å². The van der Waals surface area contributed by atoms with Gasteiger partial charge in [0.25, 0.3) is 0 Å². The highest BCUT2D eigenvalue weighted by Gasteiger charge is 2.11. The minimum absolute atomic E-state index is 0.620. The smallest absolute Gasteiger partial charge is 0.0910 e. The second-order valence-electron chi connectivity index (χ2n) is 5.42. The zero-order chi connectivity index (χ0) is 17.0. The van der Waals surface area contributed by atoms with E-state index < -0.39 is 0 Å². The first-order valence-corrected chi connectivity index (χ1v) is 8.52. The third-order valence-electron chi connectivity index (χ3n) is 3.73. The van der Waals surface area contributed by atoms with Crippen molar-refractivity contribution in [3.8, 4) is 0 Å². The highest BCUT2D eigenvalue weighted by molar-refractivity contribution is 6.36. The summed E-state index contributed by atoms with van der Waals surface area (Å²) in [5.41, 5.74) is 3.87. The van der Waals surface area contributed by atoms with E-state index in [1.54, 1.807) is 6.34 Å². The van der Waals surface area contributed by atoms with Gasteiger partial charge in [-0.3, -0.25) is 0 Å². The van der Waals surface area contributed by atoms with Gasteiger partial charge in [0.1, 0.15) is 0 Å². The van der Waals surface area contributed by atoms with Crippen LogP contribution in [-0.2, 0) is 6.42 Å². The average molecular weight is 370 g/mol. The van der Waals surface area contributed by atoms with Gasteiger partial charge in [-0.1, -0.05) is 40.9 Å². The largest absolute Gasteiger partial charge is 0.366 e. The van der Waals surface area contributed by atoms with Gasteiger partial charge in [0.05, 0.1) is 17.0 Å². The first kappa shape index (κ1) is 18.1. The molecule has 0 aromatic heterocycles. The van der Waals surface area contributed by atoms with Gasteiger partial charge in [-0.25, -0.2) is 4.99 Å². The van der Waals surface area contributed by atoms with E-state index in [1.165, 1.54) is 0 Å². The van der Waals surface area contributed by atoms with E-state index in [2.05, 4.69) is 11.9 Å². The van der Waals surface area contributed by atoms with E-state index in [9.17, 15) is 0 Å². The summed E-state index contributed by atoms with van der Waals surface area (Å²) in [6, 6.07) is 9.46. The number of hydrogen-bond acceptors (Lipinski definition) is 1. The summed E-state index contributed by atoms with van der Waals surface area (Å²) in [5.74, 6) is 0. The molecule has 0 aliphatic heterocycles. The van der Waals surface area contributed by atoms with Gasteiger partial charge in [-0.05, 0) is 54.8 Å². The zero-order valence-corrected chi connectivity index (χ0v) is 15.7. The Labute approximate surface area is 152 Å². The van der Waals surface area contributed by atoms with Gasteiger partial charge in [0.15, 0.2) is 0 Å². The molecule has 0 aliphatic rings. The van der Waals surface area contributed by atoms with Crippen LogP contribution in [0.2, 0.25) is 15.1 Å². The molecular weight excluding hydrogens is 351 g/mol. The quantitative estimate of drug-likeness (QED) is 0.455. The fourth-order valence-electron chi connectivity index (χ4n) is 2.13. The fourth-order valence-corrected chi connectivity index (χ4v) is 2.90. The lowest BCUT2D eigenvalue weighted by Gasteiger charge is -2.12. The lowest BCUT2D eigenvalue weighted by atomic mass is 10.00. The summed E-state index contributed by atoms with van der Waals surface area (Å²) in [7, 11) is 1.97. The van der Waals surface area contributed by atoms with Crippen LogP contribution < -0.4 is 0 Å². The normalized spacial score (nSPS) is 11.2. The van der Waals surface area contributed by atoms with Gasteiger partial charge in [-0.2, -0.15) is 0 Å². The monoisotopic (exact) mass is 368 g/mol. The zero-order valence-electron chi connectivity index (χ0n) is 13.4. The molecule has 2 aromatic rings. The van der Waals surface area contributed by atoms with Crippen LogP contribution in [0.4, 0.5) is 5.69 Å². The highest BCUT2D eigenvalue weighted by Crippen LogP contribution is 2.32. The summed E-state index contributed by atoms with van der Waals surface area (Å²) in [5, 5.41) is 1.95. The maximum absolute atomic E-state index is 6.38. The minimum Gasteiger partial charge on any atom is -0.366 e. The van der Waals surface area contributed by atoms with Gasteiger partial charge in [-0.15, -0.1) is 0 Å². The van der Waals surface area contributed by atoms with Crippen molar-refractivity contribution in [3.05, 3.63) is 62.1 Å². The van der Waals surface area contributed by atoms with Crippen molar-refractivity contribution in [2.45, 2.75) is 20.3 Å². The number of nitrogens with zero attached hydrogens (tertiary/aromatic N) is 2. The predicted octanol–water partition coefficient (Wildman–Crippen LogP) is 6.16. The molecule has 5 heteroatoms. The molecule has 122 valence electrons. The number of aliphatic imine (C=N–C) groups is 1. The molecule has 0 fully saturated rings. The van der Waals surface area contributed by atoms with Crippen LogP contribution in [0, 0.1) is 6.92 Å². The first-order valence-electron chi connectivity index (χ1n) is 7.38. The van der Waals surface area contributed by atoms with Gasteiger partial charge in [0.2, 0.25) is 0 Å². The van der Waals surface area contributed by atoms with Crippen molar-refractivity contribution in [2.24, 2.45) is 4.99 Å². The molecule has 0 bridgehead atoms. The number of rotatable bonds is 5. The van der Waals surface area contributed by atoms with Crippen LogP contribution in [0.3, 0.4) is 0 Å². The topological polar surface area (TPSA) is 15.6 Å². The molecule has 23 heavy (non-hydrogen) atoms. The Morgan fingerprint density at radius 3 is 2.35 bits per heavy atom. The predicted molar refractivity (Wildman–Crippen MR) is 102 cm³/mol. The minimum atomic E-state index is 0.620. The van der Waals surface area contributed by atoms with Crippen molar-refractivity contribution in [1.29, 1.82) is 0 Å². The molecule has 2 rings (SSSR count). The second-order valence-corrected chi connectivity index (χ2v) is 6.65. The molecule has 0 radical (unpaired) electrons. The number of hydrogen-bond donors (Lipinski definition) is 0. The van der Waals surface area contributed by atoms with E-state index in [0.29, 0.717) is 21.5 Å². The first-order chi connectivity index (χ1) is 10.9. The molecule has 0 spiro atoms. The molecule has 0 aliphatic carbocycles. The molecule has 0 saturated carbocycles. The molecular formula is C18H19Cl3N2. The SMILES string of the molecule is CCN(C)C=Nc1cc(C)c(Cc2c(Cl)cccc2Cl)cc1Cl. The Hall–Kier alpha value is -1.22. The van der Waals surface area contributed by atoms with Crippen LogP contribution in [0.5, 0.6) is 0 Å². The molecule has 0 saturated heterocycles.